The number of carbonyl (C=O) groups is 1. The van der Waals surface area contributed by atoms with Gasteiger partial charge in [-0.3, -0.25) is 10.1 Å². The highest BCUT2D eigenvalue weighted by molar-refractivity contribution is 7.15. The average Bonchev–Trinajstić information content (AvgIpc) is 2.95. The highest BCUT2D eigenvalue weighted by Gasteiger charge is 2.15. The number of benzene rings is 1. The molecule has 1 N–H and O–H groups in total. The maximum absolute atomic E-state index is 12.3. The van der Waals surface area contributed by atoms with Gasteiger partial charge in [-0.25, -0.2) is 0 Å². The standard InChI is InChI=1S/C16H21N3O3S/c1-9(2)15-18-19-16(23-15)17-14(20)11-6-7-12(22-10(3)4)13(8-11)21-5/h6-10H,1-5H3,(H,17,19,20). The van der Waals surface area contributed by atoms with Gasteiger partial charge >= 0.3 is 0 Å². The van der Waals surface area contributed by atoms with Gasteiger partial charge in [-0.2, -0.15) is 0 Å². The second-order valence-corrected chi connectivity index (χ2v) is 6.60. The molecular weight excluding hydrogens is 314 g/mol. The van der Waals surface area contributed by atoms with Crippen molar-refractivity contribution in [3.05, 3.63) is 28.8 Å². The molecule has 1 aromatic carbocycles. The first-order chi connectivity index (χ1) is 10.9. The summed E-state index contributed by atoms with van der Waals surface area (Å²) in [6.45, 7) is 7.93. The first kappa shape index (κ1) is 17.2. The third kappa shape index (κ3) is 4.41. The fourth-order valence-electron chi connectivity index (χ4n) is 1.85. The van der Waals surface area contributed by atoms with E-state index in [4.69, 9.17) is 9.47 Å². The zero-order valence-corrected chi connectivity index (χ0v) is 14.7. The summed E-state index contributed by atoms with van der Waals surface area (Å²) in [6, 6.07) is 5.07. The largest absolute Gasteiger partial charge is 0.493 e. The summed E-state index contributed by atoms with van der Waals surface area (Å²) in [4.78, 5) is 12.3. The number of carbonyl (C=O) groups excluding carboxylic acids is 1. The topological polar surface area (TPSA) is 73.3 Å². The summed E-state index contributed by atoms with van der Waals surface area (Å²) >= 11 is 1.38. The quantitative estimate of drug-likeness (QED) is 0.871. The van der Waals surface area contributed by atoms with Gasteiger partial charge in [0, 0.05) is 11.5 Å². The predicted molar refractivity (Wildman–Crippen MR) is 90.7 cm³/mol. The van der Waals surface area contributed by atoms with Crippen LogP contribution in [0.5, 0.6) is 11.5 Å². The Bertz CT molecular complexity index is 683. The molecule has 7 heteroatoms. The number of rotatable bonds is 6. The van der Waals surface area contributed by atoms with Crippen molar-refractivity contribution in [1.82, 2.24) is 10.2 Å². The van der Waals surface area contributed by atoms with Crippen molar-refractivity contribution in [2.75, 3.05) is 12.4 Å². The maximum Gasteiger partial charge on any atom is 0.257 e. The van der Waals surface area contributed by atoms with Crippen molar-refractivity contribution < 1.29 is 14.3 Å². The Kier molecular flexibility index (Phi) is 5.54. The van der Waals surface area contributed by atoms with E-state index in [1.165, 1.54) is 11.3 Å². The van der Waals surface area contributed by atoms with Gasteiger partial charge in [0.1, 0.15) is 5.01 Å². The van der Waals surface area contributed by atoms with E-state index in [1.54, 1.807) is 25.3 Å². The van der Waals surface area contributed by atoms with Crippen LogP contribution in [0.2, 0.25) is 0 Å². The lowest BCUT2D eigenvalue weighted by molar-refractivity contribution is 0.102. The van der Waals surface area contributed by atoms with Crippen molar-refractivity contribution in [2.24, 2.45) is 0 Å². The van der Waals surface area contributed by atoms with E-state index >= 15 is 0 Å². The lowest BCUT2D eigenvalue weighted by atomic mass is 10.2. The van der Waals surface area contributed by atoms with Gasteiger partial charge < -0.3 is 9.47 Å². The molecule has 0 saturated carbocycles. The SMILES string of the molecule is COc1cc(C(=O)Nc2nnc(C(C)C)s2)ccc1OC(C)C. The van der Waals surface area contributed by atoms with Crippen LogP contribution in [0.1, 0.15) is 49.0 Å². The summed E-state index contributed by atoms with van der Waals surface area (Å²) < 4.78 is 10.9. The molecule has 0 aliphatic heterocycles. The molecule has 0 atom stereocenters. The van der Waals surface area contributed by atoms with E-state index in [0.29, 0.717) is 22.2 Å². The first-order valence-electron chi connectivity index (χ1n) is 7.40. The number of hydrogen-bond donors (Lipinski definition) is 1. The summed E-state index contributed by atoms with van der Waals surface area (Å²) in [5.41, 5.74) is 0.472. The fraction of sp³-hybridized carbons (Fsp3) is 0.438. The van der Waals surface area contributed by atoms with Crippen molar-refractivity contribution in [3.63, 3.8) is 0 Å². The molecule has 0 bridgehead atoms. The number of anilines is 1. The van der Waals surface area contributed by atoms with E-state index < -0.39 is 0 Å². The molecule has 124 valence electrons. The molecule has 0 radical (unpaired) electrons. The van der Waals surface area contributed by atoms with Gasteiger partial charge in [0.2, 0.25) is 5.13 Å². The number of amides is 1. The van der Waals surface area contributed by atoms with E-state index in [0.717, 1.165) is 5.01 Å². The van der Waals surface area contributed by atoms with Crippen LogP contribution in [0.15, 0.2) is 18.2 Å². The fourth-order valence-corrected chi connectivity index (χ4v) is 2.59. The average molecular weight is 335 g/mol. The second-order valence-electron chi connectivity index (χ2n) is 5.59. The van der Waals surface area contributed by atoms with Crippen LogP contribution in [-0.4, -0.2) is 29.3 Å². The minimum atomic E-state index is -0.258. The Labute approximate surface area is 139 Å². The van der Waals surface area contributed by atoms with Crippen LogP contribution in [0.4, 0.5) is 5.13 Å². The zero-order valence-electron chi connectivity index (χ0n) is 13.9. The van der Waals surface area contributed by atoms with E-state index in [-0.39, 0.29) is 17.9 Å². The molecule has 0 unspecified atom stereocenters. The molecule has 0 fully saturated rings. The van der Waals surface area contributed by atoms with Crippen molar-refractivity contribution in [2.45, 2.75) is 39.7 Å². The predicted octanol–water partition coefficient (Wildman–Crippen LogP) is 3.71. The summed E-state index contributed by atoms with van der Waals surface area (Å²) in [5.74, 6) is 1.15. The van der Waals surface area contributed by atoms with Crippen LogP contribution in [0, 0.1) is 0 Å². The van der Waals surface area contributed by atoms with Crippen molar-refractivity contribution in [3.8, 4) is 11.5 Å². The molecule has 2 rings (SSSR count). The molecule has 6 nitrogen and oxygen atoms in total. The number of aromatic nitrogens is 2. The minimum absolute atomic E-state index is 0.0272. The number of ether oxygens (including phenoxy) is 2. The molecule has 0 aliphatic carbocycles. The molecular formula is C16H21N3O3S. The molecule has 0 saturated heterocycles. The second kappa shape index (κ2) is 7.41. The third-order valence-electron chi connectivity index (χ3n) is 2.94. The molecule has 23 heavy (non-hydrogen) atoms. The monoisotopic (exact) mass is 335 g/mol. The Morgan fingerprint density at radius 3 is 2.48 bits per heavy atom. The van der Waals surface area contributed by atoms with Crippen LogP contribution in [0.3, 0.4) is 0 Å². The molecule has 1 amide bonds. The van der Waals surface area contributed by atoms with E-state index in [1.807, 2.05) is 27.7 Å². The summed E-state index contributed by atoms with van der Waals surface area (Å²) in [6.07, 6.45) is 0.0272. The lowest BCUT2D eigenvalue weighted by Gasteiger charge is -2.14. The Morgan fingerprint density at radius 1 is 1.17 bits per heavy atom. The van der Waals surface area contributed by atoms with Crippen LogP contribution in [0.25, 0.3) is 0 Å². The molecule has 1 heterocycles. The van der Waals surface area contributed by atoms with E-state index in [9.17, 15) is 4.79 Å². The smallest absolute Gasteiger partial charge is 0.257 e. The van der Waals surface area contributed by atoms with Gasteiger partial charge in [-0.15, -0.1) is 10.2 Å². The van der Waals surface area contributed by atoms with Gasteiger partial charge in [-0.05, 0) is 32.0 Å². The lowest BCUT2D eigenvalue weighted by Crippen LogP contribution is -2.12. The Hall–Kier alpha value is -2.15. The number of nitrogens with one attached hydrogen (secondary N) is 1. The van der Waals surface area contributed by atoms with Crippen LogP contribution in [-0.2, 0) is 0 Å². The summed E-state index contributed by atoms with van der Waals surface area (Å²) in [5, 5.41) is 12.2. The third-order valence-corrected chi connectivity index (χ3v) is 4.08. The molecule has 2 aromatic rings. The number of nitrogens with zero attached hydrogens (tertiary/aromatic N) is 2. The van der Waals surface area contributed by atoms with Gasteiger partial charge in [0.05, 0.1) is 13.2 Å². The van der Waals surface area contributed by atoms with Gasteiger partial charge in [0.15, 0.2) is 11.5 Å². The number of hydrogen-bond acceptors (Lipinski definition) is 6. The van der Waals surface area contributed by atoms with Gasteiger partial charge in [0.25, 0.3) is 5.91 Å². The van der Waals surface area contributed by atoms with E-state index in [2.05, 4.69) is 15.5 Å². The molecule has 0 spiro atoms. The first-order valence-corrected chi connectivity index (χ1v) is 8.21. The highest BCUT2D eigenvalue weighted by atomic mass is 32.1. The molecule has 0 aliphatic rings. The maximum atomic E-state index is 12.3. The van der Waals surface area contributed by atoms with Crippen LogP contribution < -0.4 is 14.8 Å². The summed E-state index contributed by atoms with van der Waals surface area (Å²) in [7, 11) is 1.55. The van der Waals surface area contributed by atoms with Crippen LogP contribution >= 0.6 is 11.3 Å². The Morgan fingerprint density at radius 2 is 1.91 bits per heavy atom. The van der Waals surface area contributed by atoms with Crippen molar-refractivity contribution >= 4 is 22.4 Å². The normalized spacial score (nSPS) is 10.9. The highest BCUT2D eigenvalue weighted by Crippen LogP contribution is 2.29. The number of methoxy groups -OCH3 is 1. The van der Waals surface area contributed by atoms with Gasteiger partial charge in [-0.1, -0.05) is 25.2 Å². The van der Waals surface area contributed by atoms with Crippen molar-refractivity contribution in [1.29, 1.82) is 0 Å². The zero-order chi connectivity index (χ0) is 17.0. The molecule has 1 aromatic heterocycles. The minimum Gasteiger partial charge on any atom is -0.493 e. The Balaban J connectivity index is 2.15.